The third kappa shape index (κ3) is 4.55. The van der Waals surface area contributed by atoms with Crippen LogP contribution in [0.2, 0.25) is 0 Å². The largest absolute Gasteiger partial charge is 0.316 e. The van der Waals surface area contributed by atoms with E-state index in [2.05, 4.69) is 44.8 Å². The lowest BCUT2D eigenvalue weighted by molar-refractivity contribution is 0.0637. The standard InChI is InChI=1S/C16H34N2/c1-6-16(7-2,12-17-8-3)14-18-11-9-10-15(4,5)13-18/h17H,6-14H2,1-5H3. The van der Waals surface area contributed by atoms with Gasteiger partial charge in [0.15, 0.2) is 0 Å². The Balaban J connectivity index is 2.59. The van der Waals surface area contributed by atoms with Crippen molar-refractivity contribution in [2.45, 2.75) is 60.3 Å². The highest BCUT2D eigenvalue weighted by Crippen LogP contribution is 2.33. The van der Waals surface area contributed by atoms with Gasteiger partial charge in [0.05, 0.1) is 0 Å². The van der Waals surface area contributed by atoms with E-state index >= 15 is 0 Å². The van der Waals surface area contributed by atoms with Crippen molar-refractivity contribution in [1.29, 1.82) is 0 Å². The van der Waals surface area contributed by atoms with E-state index < -0.39 is 0 Å². The summed E-state index contributed by atoms with van der Waals surface area (Å²) in [7, 11) is 0. The van der Waals surface area contributed by atoms with E-state index in [9.17, 15) is 0 Å². The van der Waals surface area contributed by atoms with E-state index in [1.807, 2.05) is 0 Å². The summed E-state index contributed by atoms with van der Waals surface area (Å²) >= 11 is 0. The van der Waals surface area contributed by atoms with Gasteiger partial charge in [-0.1, -0.05) is 34.6 Å². The number of piperidine rings is 1. The first-order chi connectivity index (χ1) is 8.47. The quantitative estimate of drug-likeness (QED) is 0.748. The molecule has 1 heterocycles. The van der Waals surface area contributed by atoms with Crippen LogP contribution in [0.4, 0.5) is 0 Å². The van der Waals surface area contributed by atoms with Gasteiger partial charge in [0.2, 0.25) is 0 Å². The third-order valence-electron chi connectivity index (χ3n) is 4.79. The van der Waals surface area contributed by atoms with Crippen LogP contribution in [0.15, 0.2) is 0 Å². The molecule has 2 nitrogen and oxygen atoms in total. The fourth-order valence-corrected chi connectivity index (χ4v) is 3.32. The maximum Gasteiger partial charge on any atom is 0.00502 e. The van der Waals surface area contributed by atoms with Crippen molar-refractivity contribution in [2.75, 3.05) is 32.7 Å². The first-order valence-electron chi connectivity index (χ1n) is 7.90. The molecule has 1 aliphatic rings. The molecule has 108 valence electrons. The van der Waals surface area contributed by atoms with Gasteiger partial charge in [-0.25, -0.2) is 0 Å². The Hall–Kier alpha value is -0.0800. The van der Waals surface area contributed by atoms with Crippen LogP contribution in [-0.2, 0) is 0 Å². The highest BCUT2D eigenvalue weighted by Gasteiger charge is 2.33. The summed E-state index contributed by atoms with van der Waals surface area (Å²) in [6.07, 6.45) is 5.33. The van der Waals surface area contributed by atoms with Gasteiger partial charge in [0.25, 0.3) is 0 Å². The molecule has 1 aliphatic heterocycles. The Morgan fingerprint density at radius 1 is 1.17 bits per heavy atom. The predicted molar refractivity (Wildman–Crippen MR) is 81.0 cm³/mol. The second kappa shape index (κ2) is 6.91. The fourth-order valence-electron chi connectivity index (χ4n) is 3.32. The van der Waals surface area contributed by atoms with Crippen LogP contribution in [-0.4, -0.2) is 37.6 Å². The van der Waals surface area contributed by atoms with Crippen molar-refractivity contribution in [3.63, 3.8) is 0 Å². The molecule has 1 N–H and O–H groups in total. The molecule has 0 spiro atoms. The van der Waals surface area contributed by atoms with Gasteiger partial charge in [0, 0.05) is 19.6 Å². The zero-order valence-electron chi connectivity index (χ0n) is 13.3. The Morgan fingerprint density at radius 2 is 1.83 bits per heavy atom. The maximum atomic E-state index is 3.57. The minimum atomic E-state index is 0.476. The predicted octanol–water partition coefficient (Wildman–Crippen LogP) is 3.52. The van der Waals surface area contributed by atoms with Gasteiger partial charge < -0.3 is 10.2 Å². The molecule has 0 aromatic rings. The number of hydrogen-bond acceptors (Lipinski definition) is 2. The minimum Gasteiger partial charge on any atom is -0.316 e. The number of rotatable bonds is 7. The summed E-state index contributed by atoms with van der Waals surface area (Å²) < 4.78 is 0. The van der Waals surface area contributed by atoms with Crippen molar-refractivity contribution in [3.05, 3.63) is 0 Å². The summed E-state index contributed by atoms with van der Waals surface area (Å²) in [5.74, 6) is 0. The molecule has 1 fully saturated rings. The molecule has 0 radical (unpaired) electrons. The molecule has 0 amide bonds. The van der Waals surface area contributed by atoms with Crippen LogP contribution in [0.5, 0.6) is 0 Å². The lowest BCUT2D eigenvalue weighted by Gasteiger charge is -2.43. The van der Waals surface area contributed by atoms with Gasteiger partial charge in [0.1, 0.15) is 0 Å². The Labute approximate surface area is 115 Å². The summed E-state index contributed by atoms with van der Waals surface area (Å²) in [5.41, 5.74) is 0.993. The Kier molecular flexibility index (Phi) is 6.13. The molecule has 0 aromatic heterocycles. The number of hydrogen-bond donors (Lipinski definition) is 1. The Morgan fingerprint density at radius 3 is 2.33 bits per heavy atom. The fraction of sp³-hybridized carbons (Fsp3) is 1.00. The third-order valence-corrected chi connectivity index (χ3v) is 4.79. The van der Waals surface area contributed by atoms with Gasteiger partial charge in [-0.2, -0.15) is 0 Å². The molecule has 0 unspecified atom stereocenters. The molecule has 18 heavy (non-hydrogen) atoms. The van der Waals surface area contributed by atoms with Gasteiger partial charge in [-0.05, 0) is 49.6 Å². The molecule has 2 heteroatoms. The van der Waals surface area contributed by atoms with Crippen LogP contribution < -0.4 is 5.32 Å². The van der Waals surface area contributed by atoms with E-state index in [1.54, 1.807) is 0 Å². The molecule has 1 rings (SSSR count). The highest BCUT2D eigenvalue weighted by molar-refractivity contribution is 4.87. The van der Waals surface area contributed by atoms with Crippen molar-refractivity contribution >= 4 is 0 Å². The van der Waals surface area contributed by atoms with Crippen molar-refractivity contribution in [1.82, 2.24) is 10.2 Å². The Bertz CT molecular complexity index is 231. The summed E-state index contributed by atoms with van der Waals surface area (Å²) in [5, 5.41) is 3.57. The monoisotopic (exact) mass is 254 g/mol. The zero-order valence-corrected chi connectivity index (χ0v) is 13.3. The van der Waals surface area contributed by atoms with E-state index in [0.29, 0.717) is 10.8 Å². The first kappa shape index (κ1) is 16.0. The van der Waals surface area contributed by atoms with Gasteiger partial charge in [-0.3, -0.25) is 0 Å². The van der Waals surface area contributed by atoms with Crippen molar-refractivity contribution in [2.24, 2.45) is 10.8 Å². The summed E-state index contributed by atoms with van der Waals surface area (Å²) in [6, 6.07) is 0. The first-order valence-corrected chi connectivity index (χ1v) is 7.90. The average molecular weight is 254 g/mol. The van der Waals surface area contributed by atoms with E-state index in [4.69, 9.17) is 0 Å². The lowest BCUT2D eigenvalue weighted by atomic mass is 9.79. The number of likely N-dealkylation sites (tertiary alicyclic amines) is 1. The molecular weight excluding hydrogens is 220 g/mol. The van der Waals surface area contributed by atoms with Gasteiger partial charge >= 0.3 is 0 Å². The molecule has 0 aliphatic carbocycles. The normalized spacial score (nSPS) is 21.2. The molecule has 0 atom stereocenters. The number of nitrogens with zero attached hydrogens (tertiary/aromatic N) is 1. The number of nitrogens with one attached hydrogen (secondary N) is 1. The lowest BCUT2D eigenvalue weighted by Crippen LogP contribution is -2.48. The van der Waals surface area contributed by atoms with Crippen molar-refractivity contribution < 1.29 is 0 Å². The molecule has 1 saturated heterocycles. The van der Waals surface area contributed by atoms with Crippen LogP contribution in [0, 0.1) is 10.8 Å². The van der Waals surface area contributed by atoms with E-state index in [-0.39, 0.29) is 0 Å². The molecule has 0 bridgehead atoms. The van der Waals surface area contributed by atoms with Gasteiger partial charge in [-0.15, -0.1) is 0 Å². The van der Waals surface area contributed by atoms with Crippen LogP contribution in [0.25, 0.3) is 0 Å². The van der Waals surface area contributed by atoms with Crippen LogP contribution in [0.3, 0.4) is 0 Å². The zero-order chi connectivity index (χ0) is 13.6. The molecule has 0 saturated carbocycles. The summed E-state index contributed by atoms with van der Waals surface area (Å²) in [4.78, 5) is 2.72. The minimum absolute atomic E-state index is 0.476. The highest BCUT2D eigenvalue weighted by atomic mass is 15.1. The van der Waals surface area contributed by atoms with Crippen LogP contribution in [0.1, 0.15) is 60.3 Å². The van der Waals surface area contributed by atoms with E-state index in [0.717, 1.165) is 6.54 Å². The SMILES string of the molecule is CCNCC(CC)(CC)CN1CCCC(C)(C)C1. The maximum absolute atomic E-state index is 3.57. The molecular formula is C16H34N2. The average Bonchev–Trinajstić information content (AvgIpc) is 2.33. The summed E-state index contributed by atoms with van der Waals surface area (Å²) in [6.45, 7) is 17.9. The van der Waals surface area contributed by atoms with Crippen molar-refractivity contribution in [3.8, 4) is 0 Å². The molecule has 0 aromatic carbocycles. The second-order valence-corrected chi connectivity index (χ2v) is 6.97. The topological polar surface area (TPSA) is 15.3 Å². The second-order valence-electron chi connectivity index (χ2n) is 6.97. The smallest absolute Gasteiger partial charge is 0.00502 e. The van der Waals surface area contributed by atoms with E-state index in [1.165, 1.54) is 51.9 Å². The van der Waals surface area contributed by atoms with Crippen LogP contribution >= 0.6 is 0 Å².